The first kappa shape index (κ1) is 25.0. The zero-order valence-corrected chi connectivity index (χ0v) is 21.2. The van der Waals surface area contributed by atoms with E-state index in [4.69, 9.17) is 25.0 Å². The number of esters is 1. The van der Waals surface area contributed by atoms with Crippen LogP contribution in [0.2, 0.25) is 0 Å². The van der Waals surface area contributed by atoms with Crippen molar-refractivity contribution in [1.29, 1.82) is 0 Å². The minimum absolute atomic E-state index is 0.0903. The summed E-state index contributed by atoms with van der Waals surface area (Å²) in [4.78, 5) is 12.1. The molecule has 37 heavy (non-hydrogen) atoms. The Morgan fingerprint density at radius 1 is 1.08 bits per heavy atom. The summed E-state index contributed by atoms with van der Waals surface area (Å²) >= 11 is 0. The highest BCUT2D eigenvalue weighted by molar-refractivity contribution is 5.87. The number of nitrogens with two attached hydrogens (primary N) is 1. The van der Waals surface area contributed by atoms with Crippen LogP contribution in [-0.2, 0) is 33.8 Å². The van der Waals surface area contributed by atoms with Gasteiger partial charge in [0.2, 0.25) is 0 Å². The molecule has 0 aliphatic carbocycles. The van der Waals surface area contributed by atoms with Crippen molar-refractivity contribution in [2.24, 2.45) is 5.73 Å². The summed E-state index contributed by atoms with van der Waals surface area (Å²) in [5, 5.41) is 5.99. The minimum Gasteiger partial charge on any atom is -0.487 e. The third kappa shape index (κ3) is 5.68. The van der Waals surface area contributed by atoms with E-state index in [1.54, 1.807) is 6.92 Å². The maximum Gasteiger partial charge on any atom is 0.310 e. The molecule has 1 unspecified atom stereocenters. The molecule has 1 aliphatic heterocycles. The van der Waals surface area contributed by atoms with Crippen LogP contribution in [0.15, 0.2) is 66.7 Å². The lowest BCUT2D eigenvalue weighted by atomic mass is 10.0. The summed E-state index contributed by atoms with van der Waals surface area (Å²) in [5.74, 6) is 0.381. The highest BCUT2D eigenvalue weighted by Gasteiger charge is 2.22. The van der Waals surface area contributed by atoms with Gasteiger partial charge in [-0.3, -0.25) is 4.79 Å². The van der Waals surface area contributed by atoms with Crippen molar-refractivity contribution in [3.05, 3.63) is 83.6 Å². The second-order valence-corrected chi connectivity index (χ2v) is 9.23. The molecule has 192 valence electrons. The first-order valence-electron chi connectivity index (χ1n) is 12.9. The lowest BCUT2D eigenvalue weighted by molar-refractivity contribution is -0.142. The van der Waals surface area contributed by atoms with Crippen molar-refractivity contribution >= 4 is 16.9 Å². The second-order valence-electron chi connectivity index (χ2n) is 9.23. The molecule has 0 amide bonds. The van der Waals surface area contributed by atoms with Gasteiger partial charge in [-0.1, -0.05) is 42.5 Å². The molecular formula is C30H33N3O4. The Balaban J connectivity index is 1.49. The smallest absolute Gasteiger partial charge is 0.310 e. The van der Waals surface area contributed by atoms with Crippen molar-refractivity contribution in [3.63, 3.8) is 0 Å². The second kappa shape index (κ2) is 11.6. The molecule has 1 aliphatic rings. The van der Waals surface area contributed by atoms with Gasteiger partial charge in [0.1, 0.15) is 18.1 Å². The molecule has 3 aromatic carbocycles. The lowest BCUT2D eigenvalue weighted by Gasteiger charge is -2.23. The normalized spacial score (nSPS) is 15.6. The predicted octanol–water partition coefficient (Wildman–Crippen LogP) is 5.55. The summed E-state index contributed by atoms with van der Waals surface area (Å²) in [6.45, 7) is 3.66. The van der Waals surface area contributed by atoms with Gasteiger partial charge in [-0.25, -0.2) is 4.68 Å². The van der Waals surface area contributed by atoms with Gasteiger partial charge in [0.15, 0.2) is 6.23 Å². The fourth-order valence-electron chi connectivity index (χ4n) is 4.81. The Morgan fingerprint density at radius 2 is 1.95 bits per heavy atom. The van der Waals surface area contributed by atoms with E-state index >= 15 is 0 Å². The fraction of sp³-hybridized carbons (Fsp3) is 0.333. The van der Waals surface area contributed by atoms with E-state index in [1.165, 1.54) is 0 Å². The van der Waals surface area contributed by atoms with Crippen molar-refractivity contribution < 1.29 is 19.0 Å². The van der Waals surface area contributed by atoms with Gasteiger partial charge in [-0.2, -0.15) is 5.10 Å². The molecule has 0 radical (unpaired) electrons. The Hall–Kier alpha value is -3.68. The molecular weight excluding hydrogens is 466 g/mol. The average Bonchev–Trinajstić information content (AvgIpc) is 3.31. The number of carbonyl (C=O) groups is 1. The number of aromatic nitrogens is 2. The first-order chi connectivity index (χ1) is 18.2. The number of rotatable bonds is 9. The summed E-state index contributed by atoms with van der Waals surface area (Å²) in [6, 6.07) is 22.3. The largest absolute Gasteiger partial charge is 0.487 e. The lowest BCUT2D eigenvalue weighted by Crippen LogP contribution is -2.19. The third-order valence-corrected chi connectivity index (χ3v) is 6.68. The number of nitrogens with zero attached hydrogens (tertiary/aromatic N) is 2. The standard InChI is InChI=1S/C30H33N3O4/c1-2-35-30(34)18-24-9-3-4-11-28(24)37-20-26-25-17-23(22-10-7-8-21(16-22)19-31)13-14-27(25)33(32-26)29-12-5-6-15-36-29/h3-4,7-11,13-14,16-17,29H,2,5-6,12,15,18-20,31H2,1H3. The van der Waals surface area contributed by atoms with E-state index in [0.717, 1.165) is 64.7 Å². The molecule has 0 bridgehead atoms. The molecule has 1 fully saturated rings. The molecule has 2 heterocycles. The Morgan fingerprint density at radius 3 is 2.76 bits per heavy atom. The molecule has 1 atom stereocenters. The van der Waals surface area contributed by atoms with Gasteiger partial charge in [0, 0.05) is 24.1 Å². The van der Waals surface area contributed by atoms with Crippen LogP contribution in [0, 0.1) is 0 Å². The average molecular weight is 500 g/mol. The molecule has 0 spiro atoms. The summed E-state index contributed by atoms with van der Waals surface area (Å²) < 4.78 is 19.5. The minimum atomic E-state index is -0.271. The van der Waals surface area contributed by atoms with Crippen LogP contribution in [0.4, 0.5) is 0 Å². The summed E-state index contributed by atoms with van der Waals surface area (Å²) in [5.41, 5.74) is 11.8. The molecule has 7 nitrogen and oxygen atoms in total. The quantitative estimate of drug-likeness (QED) is 0.304. The number of hydrogen-bond acceptors (Lipinski definition) is 6. The zero-order valence-electron chi connectivity index (χ0n) is 21.2. The van der Waals surface area contributed by atoms with E-state index in [0.29, 0.717) is 18.9 Å². The summed E-state index contributed by atoms with van der Waals surface area (Å²) in [6.07, 6.45) is 3.19. The topological polar surface area (TPSA) is 88.6 Å². The maximum absolute atomic E-state index is 12.1. The van der Waals surface area contributed by atoms with Gasteiger partial charge >= 0.3 is 5.97 Å². The van der Waals surface area contributed by atoms with Crippen LogP contribution >= 0.6 is 0 Å². The van der Waals surface area contributed by atoms with Crippen LogP contribution < -0.4 is 10.5 Å². The molecule has 1 saturated heterocycles. The zero-order chi connectivity index (χ0) is 25.6. The molecule has 5 rings (SSSR count). The van der Waals surface area contributed by atoms with Crippen molar-refractivity contribution in [2.45, 2.75) is 52.0 Å². The Kier molecular flexibility index (Phi) is 7.82. The van der Waals surface area contributed by atoms with E-state index in [2.05, 4.69) is 30.3 Å². The van der Waals surface area contributed by atoms with E-state index in [-0.39, 0.29) is 25.2 Å². The van der Waals surface area contributed by atoms with Crippen LogP contribution in [0.25, 0.3) is 22.0 Å². The van der Waals surface area contributed by atoms with Crippen LogP contribution in [0.5, 0.6) is 5.75 Å². The van der Waals surface area contributed by atoms with Crippen LogP contribution in [-0.4, -0.2) is 29.0 Å². The number of hydrogen-bond donors (Lipinski definition) is 1. The van der Waals surface area contributed by atoms with Gasteiger partial charge in [-0.05, 0) is 67.1 Å². The van der Waals surface area contributed by atoms with E-state index in [9.17, 15) is 4.79 Å². The molecule has 0 saturated carbocycles. The number of ether oxygens (including phenoxy) is 3. The number of para-hydroxylation sites is 1. The Labute approximate surface area is 217 Å². The molecule has 1 aromatic heterocycles. The van der Waals surface area contributed by atoms with Crippen molar-refractivity contribution in [3.8, 4) is 16.9 Å². The van der Waals surface area contributed by atoms with E-state index < -0.39 is 0 Å². The van der Waals surface area contributed by atoms with Gasteiger partial charge in [-0.15, -0.1) is 0 Å². The maximum atomic E-state index is 12.1. The SMILES string of the molecule is CCOC(=O)Cc1ccccc1OCc1nn(C2CCCCO2)c2ccc(-c3cccc(CN)c3)cc12. The molecule has 4 aromatic rings. The fourth-order valence-corrected chi connectivity index (χ4v) is 4.81. The number of benzene rings is 3. The van der Waals surface area contributed by atoms with Gasteiger partial charge in [0.05, 0.1) is 18.5 Å². The Bertz CT molecular complexity index is 1370. The monoisotopic (exact) mass is 499 g/mol. The van der Waals surface area contributed by atoms with Gasteiger partial charge < -0.3 is 19.9 Å². The third-order valence-electron chi connectivity index (χ3n) is 6.68. The van der Waals surface area contributed by atoms with Gasteiger partial charge in [0.25, 0.3) is 0 Å². The van der Waals surface area contributed by atoms with Crippen molar-refractivity contribution in [2.75, 3.05) is 13.2 Å². The van der Waals surface area contributed by atoms with Crippen molar-refractivity contribution in [1.82, 2.24) is 9.78 Å². The highest BCUT2D eigenvalue weighted by atomic mass is 16.5. The van der Waals surface area contributed by atoms with Crippen LogP contribution in [0.3, 0.4) is 0 Å². The first-order valence-corrected chi connectivity index (χ1v) is 12.9. The summed E-state index contributed by atoms with van der Waals surface area (Å²) in [7, 11) is 0. The molecule has 2 N–H and O–H groups in total. The number of fused-ring (bicyclic) bond motifs is 1. The van der Waals surface area contributed by atoms with E-state index in [1.807, 2.05) is 41.1 Å². The highest BCUT2D eigenvalue weighted by Crippen LogP contribution is 2.32. The van der Waals surface area contributed by atoms with Crippen LogP contribution in [0.1, 0.15) is 49.2 Å². The molecule has 7 heteroatoms. The predicted molar refractivity (Wildman–Crippen MR) is 143 cm³/mol. The number of carbonyl (C=O) groups excluding carboxylic acids is 1.